The predicted molar refractivity (Wildman–Crippen MR) is 107 cm³/mol. The van der Waals surface area contributed by atoms with Crippen molar-refractivity contribution in [3.05, 3.63) is 83.9 Å². The fourth-order valence-electron chi connectivity index (χ4n) is 2.49. The van der Waals surface area contributed by atoms with Crippen molar-refractivity contribution in [3.63, 3.8) is 0 Å². The summed E-state index contributed by atoms with van der Waals surface area (Å²) in [6.45, 7) is 0. The first kappa shape index (κ1) is 19.0. The number of nitrogens with one attached hydrogen (secondary N) is 2. The molecule has 0 unspecified atom stereocenters. The quantitative estimate of drug-likeness (QED) is 0.708. The van der Waals surface area contributed by atoms with Crippen LogP contribution in [0.5, 0.6) is 0 Å². The summed E-state index contributed by atoms with van der Waals surface area (Å²) in [5.41, 5.74) is 2.09. The lowest BCUT2D eigenvalue weighted by Gasteiger charge is -2.13. The van der Waals surface area contributed by atoms with E-state index >= 15 is 0 Å². The highest BCUT2D eigenvalue weighted by Crippen LogP contribution is 2.16. The molecule has 1 heterocycles. The summed E-state index contributed by atoms with van der Waals surface area (Å²) in [4.78, 5) is 30.8. The number of carbonyl (C=O) groups excluding carboxylic acids is 2. The lowest BCUT2D eigenvalue weighted by Crippen LogP contribution is -2.18. The molecular formula is C21H19FN4O2. The largest absolute Gasteiger partial charge is 0.378 e. The zero-order valence-electron chi connectivity index (χ0n) is 15.4. The minimum atomic E-state index is -0.532. The lowest BCUT2D eigenvalue weighted by molar-refractivity contribution is 0.101. The zero-order chi connectivity index (χ0) is 20.1. The molecule has 0 radical (unpaired) electrons. The Balaban J connectivity index is 1.71. The van der Waals surface area contributed by atoms with Crippen LogP contribution in [0.2, 0.25) is 0 Å². The van der Waals surface area contributed by atoms with Crippen LogP contribution in [-0.2, 0) is 0 Å². The number of rotatable bonds is 5. The lowest BCUT2D eigenvalue weighted by atomic mass is 10.2. The summed E-state index contributed by atoms with van der Waals surface area (Å²) < 4.78 is 13.2. The number of hydrogen-bond acceptors (Lipinski definition) is 4. The Kier molecular flexibility index (Phi) is 5.64. The number of hydrogen-bond donors (Lipinski definition) is 2. The molecule has 0 saturated carbocycles. The summed E-state index contributed by atoms with van der Waals surface area (Å²) in [6.07, 6.45) is 0. The van der Waals surface area contributed by atoms with Gasteiger partial charge in [-0.1, -0.05) is 12.1 Å². The maximum absolute atomic E-state index is 13.2. The molecule has 0 atom stereocenters. The summed E-state index contributed by atoms with van der Waals surface area (Å²) in [7, 11) is 3.86. The zero-order valence-corrected chi connectivity index (χ0v) is 15.4. The van der Waals surface area contributed by atoms with Gasteiger partial charge in [-0.25, -0.2) is 9.37 Å². The molecule has 0 saturated heterocycles. The molecule has 1 aromatic heterocycles. The average molecular weight is 378 g/mol. The first-order chi connectivity index (χ1) is 13.4. The molecule has 0 aliphatic carbocycles. The van der Waals surface area contributed by atoms with Gasteiger partial charge in [0.2, 0.25) is 0 Å². The molecule has 0 spiro atoms. The highest BCUT2D eigenvalue weighted by atomic mass is 19.1. The van der Waals surface area contributed by atoms with Crippen LogP contribution in [0.3, 0.4) is 0 Å². The van der Waals surface area contributed by atoms with Gasteiger partial charge in [0.15, 0.2) is 0 Å². The van der Waals surface area contributed by atoms with Gasteiger partial charge < -0.3 is 15.5 Å². The van der Waals surface area contributed by atoms with Crippen molar-refractivity contribution in [1.82, 2.24) is 4.98 Å². The normalized spacial score (nSPS) is 10.2. The van der Waals surface area contributed by atoms with Crippen LogP contribution < -0.4 is 15.5 Å². The maximum atomic E-state index is 13.2. The van der Waals surface area contributed by atoms with Crippen molar-refractivity contribution in [2.24, 2.45) is 0 Å². The second-order valence-corrected chi connectivity index (χ2v) is 6.27. The number of amides is 2. The van der Waals surface area contributed by atoms with Crippen LogP contribution in [0, 0.1) is 5.82 Å². The Morgan fingerprint density at radius 3 is 1.96 bits per heavy atom. The van der Waals surface area contributed by atoms with Gasteiger partial charge in [0.1, 0.15) is 17.2 Å². The summed E-state index contributed by atoms with van der Waals surface area (Å²) in [5.74, 6) is -1.42. The minimum Gasteiger partial charge on any atom is -0.378 e. The van der Waals surface area contributed by atoms with Crippen molar-refractivity contribution < 1.29 is 14.0 Å². The monoisotopic (exact) mass is 378 g/mol. The molecule has 142 valence electrons. The van der Waals surface area contributed by atoms with Crippen LogP contribution in [0.4, 0.5) is 21.5 Å². The van der Waals surface area contributed by atoms with Crippen molar-refractivity contribution in [3.8, 4) is 0 Å². The van der Waals surface area contributed by atoms with E-state index in [0.29, 0.717) is 11.4 Å². The second-order valence-electron chi connectivity index (χ2n) is 6.27. The molecule has 0 aliphatic heterocycles. The van der Waals surface area contributed by atoms with E-state index in [4.69, 9.17) is 0 Å². The van der Waals surface area contributed by atoms with Gasteiger partial charge in [0.05, 0.1) is 0 Å². The Morgan fingerprint density at radius 2 is 1.39 bits per heavy atom. The minimum absolute atomic E-state index is 0.0554. The third-order valence-corrected chi connectivity index (χ3v) is 3.94. The van der Waals surface area contributed by atoms with Gasteiger partial charge in [-0.15, -0.1) is 0 Å². The van der Waals surface area contributed by atoms with E-state index < -0.39 is 17.6 Å². The number of aromatic nitrogens is 1. The molecule has 2 aromatic carbocycles. The fraction of sp³-hybridized carbons (Fsp3) is 0.0952. The van der Waals surface area contributed by atoms with Crippen molar-refractivity contribution in [1.29, 1.82) is 0 Å². The van der Waals surface area contributed by atoms with Crippen molar-refractivity contribution in [2.75, 3.05) is 29.6 Å². The van der Waals surface area contributed by atoms with E-state index in [1.807, 2.05) is 31.1 Å². The van der Waals surface area contributed by atoms with E-state index in [-0.39, 0.29) is 11.4 Å². The van der Waals surface area contributed by atoms with Gasteiger partial charge in [-0.3, -0.25) is 9.59 Å². The summed E-state index contributed by atoms with van der Waals surface area (Å²) in [6, 6.07) is 17.4. The molecular weight excluding hydrogens is 359 g/mol. The standard InChI is InChI=1S/C21H19FN4O2/c1-26(2)17-11-9-15(10-12-17)23-20(27)18-7-4-8-19(25-18)21(28)24-16-6-3-5-14(22)13-16/h3-13H,1-2H3,(H,23,27)(H,24,28). The third kappa shape index (κ3) is 4.70. The topological polar surface area (TPSA) is 74.3 Å². The first-order valence-electron chi connectivity index (χ1n) is 8.55. The number of pyridine rings is 1. The molecule has 3 rings (SSSR count). The maximum Gasteiger partial charge on any atom is 0.274 e. The molecule has 0 bridgehead atoms. The van der Waals surface area contributed by atoms with Gasteiger partial charge in [0.25, 0.3) is 11.8 Å². The Hall–Kier alpha value is -3.74. The smallest absolute Gasteiger partial charge is 0.274 e. The first-order valence-corrected chi connectivity index (χ1v) is 8.55. The Labute approximate surface area is 162 Å². The highest BCUT2D eigenvalue weighted by Gasteiger charge is 2.13. The summed E-state index contributed by atoms with van der Waals surface area (Å²) >= 11 is 0. The molecule has 28 heavy (non-hydrogen) atoms. The van der Waals surface area contributed by atoms with E-state index in [1.165, 1.54) is 30.3 Å². The SMILES string of the molecule is CN(C)c1ccc(NC(=O)c2cccc(C(=O)Nc3cccc(F)c3)n2)cc1. The predicted octanol–water partition coefficient (Wildman–Crippen LogP) is 3.79. The van der Waals surface area contributed by atoms with Crippen molar-refractivity contribution in [2.45, 2.75) is 0 Å². The van der Waals surface area contributed by atoms with Gasteiger partial charge in [0, 0.05) is 31.2 Å². The number of carbonyl (C=O) groups is 2. The Morgan fingerprint density at radius 1 is 0.821 bits per heavy atom. The highest BCUT2D eigenvalue weighted by molar-refractivity contribution is 6.06. The van der Waals surface area contributed by atoms with Crippen LogP contribution in [0.1, 0.15) is 21.0 Å². The van der Waals surface area contributed by atoms with E-state index in [2.05, 4.69) is 15.6 Å². The Bertz CT molecular complexity index is 1000. The second kappa shape index (κ2) is 8.30. The fourth-order valence-corrected chi connectivity index (χ4v) is 2.49. The van der Waals surface area contributed by atoms with Crippen LogP contribution in [0.25, 0.3) is 0 Å². The van der Waals surface area contributed by atoms with Gasteiger partial charge in [-0.05, 0) is 54.6 Å². The van der Waals surface area contributed by atoms with Gasteiger partial charge in [-0.2, -0.15) is 0 Å². The van der Waals surface area contributed by atoms with Crippen LogP contribution >= 0.6 is 0 Å². The third-order valence-electron chi connectivity index (χ3n) is 3.94. The average Bonchev–Trinajstić information content (AvgIpc) is 2.68. The molecule has 3 aromatic rings. The number of anilines is 3. The molecule has 0 fully saturated rings. The number of halogens is 1. The molecule has 6 nitrogen and oxygen atoms in total. The van der Waals surface area contributed by atoms with Crippen LogP contribution in [-0.4, -0.2) is 30.9 Å². The molecule has 2 amide bonds. The van der Waals surface area contributed by atoms with Crippen LogP contribution in [0.15, 0.2) is 66.7 Å². The van der Waals surface area contributed by atoms with Crippen molar-refractivity contribution >= 4 is 28.9 Å². The number of nitrogens with zero attached hydrogens (tertiary/aromatic N) is 2. The van der Waals surface area contributed by atoms with Gasteiger partial charge >= 0.3 is 0 Å². The molecule has 2 N–H and O–H groups in total. The van der Waals surface area contributed by atoms with E-state index in [9.17, 15) is 14.0 Å². The molecule has 0 aliphatic rings. The van der Waals surface area contributed by atoms with E-state index in [1.54, 1.807) is 24.3 Å². The summed E-state index contributed by atoms with van der Waals surface area (Å²) in [5, 5.41) is 5.30. The number of benzene rings is 2. The van der Waals surface area contributed by atoms with E-state index in [0.717, 1.165) is 5.69 Å². The molecule has 7 heteroatoms.